The predicted molar refractivity (Wildman–Crippen MR) is 43.4 cm³/mol. The molecular formula is C6H5F5SSb+. The van der Waals surface area contributed by atoms with E-state index in [1.165, 1.54) is 18.2 Å². The summed E-state index contributed by atoms with van der Waals surface area (Å²) in [7, 11) is -5.48. The van der Waals surface area contributed by atoms with Crippen molar-refractivity contribution < 1.29 is 16.2 Å². The number of halogens is 5. The molecule has 0 N–H and O–H groups in total. The summed E-state index contributed by atoms with van der Waals surface area (Å²) in [6.45, 7) is 0. The summed E-state index contributed by atoms with van der Waals surface area (Å²) in [4.78, 5) is -0.867. The van der Waals surface area contributed by atoms with Gasteiger partial charge in [-0.3, -0.25) is 0 Å². The Labute approximate surface area is 77.4 Å². The van der Waals surface area contributed by atoms with E-state index in [1.807, 2.05) is 0 Å². The molecule has 0 saturated heterocycles. The first-order valence-electron chi connectivity index (χ1n) is 3.11. The van der Waals surface area contributed by atoms with Gasteiger partial charge in [0.2, 0.25) is 0 Å². The minimum atomic E-state index is -7.50. The normalized spacial score (nSPS) is 13.0. The van der Waals surface area contributed by atoms with Crippen molar-refractivity contribution in [2.24, 2.45) is 0 Å². The van der Waals surface area contributed by atoms with Crippen molar-refractivity contribution in [3.8, 4) is 0 Å². The second-order valence-corrected chi connectivity index (χ2v) is 12.5. The molecule has 0 atom stereocenters. The summed E-state index contributed by atoms with van der Waals surface area (Å²) < 4.78 is 61.4. The molecule has 13 heavy (non-hydrogen) atoms. The Balaban J connectivity index is 3.42. The van der Waals surface area contributed by atoms with Crippen LogP contribution in [-0.4, -0.2) is 18.6 Å². The van der Waals surface area contributed by atoms with E-state index >= 15 is 0 Å². The molecule has 7 heteroatoms. The standard InChI is InChI=1S/C6H5F2S.3FH.Sb/c7-9(8)6-4-2-1-3-5-6;;;;/h1-5H;3*1H;/q+1;;;;+3/p-3. The van der Waals surface area contributed by atoms with Crippen LogP contribution in [0.25, 0.3) is 0 Å². The molecule has 0 amide bonds. The Hall–Kier alpha value is 0.0382. The van der Waals surface area contributed by atoms with Crippen molar-refractivity contribution in [2.45, 2.75) is 4.90 Å². The summed E-state index contributed by atoms with van der Waals surface area (Å²) >= 11 is -7.50. The Bertz CT molecular complexity index is 356. The van der Waals surface area contributed by atoms with Crippen molar-refractivity contribution in [2.75, 3.05) is 0 Å². The average Bonchev–Trinajstić information content (AvgIpc) is 2.04. The van der Waals surface area contributed by atoms with Gasteiger partial charge in [0, 0.05) is 0 Å². The Morgan fingerprint density at radius 3 is 1.77 bits per heavy atom. The van der Waals surface area contributed by atoms with Crippen LogP contribution in [0.5, 0.6) is 0 Å². The van der Waals surface area contributed by atoms with E-state index in [0.29, 0.717) is 0 Å². The topological polar surface area (TPSA) is 0 Å². The van der Waals surface area contributed by atoms with Crippen molar-refractivity contribution in [1.29, 1.82) is 0 Å². The van der Waals surface area contributed by atoms with Crippen LogP contribution in [0.2, 0.25) is 0 Å². The van der Waals surface area contributed by atoms with Gasteiger partial charge in [0.05, 0.1) is 0 Å². The molecule has 0 fully saturated rings. The maximum absolute atomic E-state index is 12.7. The summed E-state index contributed by atoms with van der Waals surface area (Å²) in [5, 5.41) is 0. The molecule has 0 spiro atoms. The molecule has 0 unspecified atom stereocenters. The zero-order chi connectivity index (χ0) is 10.1. The third-order valence-corrected chi connectivity index (χ3v) is 8.90. The number of hydrogen-bond acceptors (Lipinski definition) is 0. The van der Waals surface area contributed by atoms with Gasteiger partial charge in [-0.15, -0.1) is 0 Å². The van der Waals surface area contributed by atoms with E-state index in [1.54, 1.807) is 0 Å². The van der Waals surface area contributed by atoms with E-state index in [2.05, 4.69) is 0 Å². The van der Waals surface area contributed by atoms with Crippen LogP contribution in [-0.2, 0) is 7.36 Å². The zero-order valence-corrected chi connectivity index (χ0v) is 9.50. The van der Waals surface area contributed by atoms with E-state index in [-0.39, 0.29) is 0 Å². The van der Waals surface area contributed by atoms with Crippen LogP contribution >= 0.6 is 0 Å². The van der Waals surface area contributed by atoms with Crippen LogP contribution in [0.4, 0.5) is 16.2 Å². The summed E-state index contributed by atoms with van der Waals surface area (Å²) in [6, 6.07) is 5.44. The number of hydrogen-bond donors (Lipinski definition) is 0. The van der Waals surface area contributed by atoms with Crippen LogP contribution in [0.15, 0.2) is 35.2 Å². The van der Waals surface area contributed by atoms with Gasteiger partial charge in [0.15, 0.2) is 0 Å². The first kappa shape index (κ1) is 11.1. The second-order valence-electron chi connectivity index (χ2n) is 2.15. The maximum atomic E-state index is 12.7. The predicted octanol–water partition coefficient (Wildman–Crippen LogP) is 3.31. The quantitative estimate of drug-likeness (QED) is 0.422. The molecule has 0 heterocycles. The molecule has 0 bridgehead atoms. The monoisotopic (exact) mass is 325 g/mol. The third-order valence-electron chi connectivity index (χ3n) is 1.29. The number of rotatable bonds is 1. The molecule has 0 aliphatic carbocycles. The molecule has 0 saturated carbocycles. The van der Waals surface area contributed by atoms with Gasteiger partial charge >= 0.3 is 77.4 Å². The summed E-state index contributed by atoms with van der Waals surface area (Å²) in [6.07, 6.45) is 0. The van der Waals surface area contributed by atoms with E-state index < -0.39 is 30.8 Å². The minimum absolute atomic E-state index is 0.831. The van der Waals surface area contributed by atoms with Crippen molar-refractivity contribution in [3.05, 3.63) is 30.3 Å². The molecule has 1 aromatic carbocycles. The molecule has 1 rings (SSSR count). The molecular weight excluding hydrogens is 321 g/mol. The summed E-state index contributed by atoms with van der Waals surface area (Å²) in [5.74, 6) is 0. The second kappa shape index (κ2) is 3.65. The fraction of sp³-hybridized carbons (Fsp3) is 0. The van der Waals surface area contributed by atoms with Gasteiger partial charge in [-0.25, -0.2) is 0 Å². The van der Waals surface area contributed by atoms with Gasteiger partial charge in [-0.2, -0.15) is 0 Å². The van der Waals surface area contributed by atoms with E-state index in [4.69, 9.17) is 0 Å². The van der Waals surface area contributed by atoms with Crippen LogP contribution in [0, 0.1) is 0 Å². The van der Waals surface area contributed by atoms with Crippen molar-refractivity contribution in [1.82, 2.24) is 0 Å². The molecule has 0 radical (unpaired) electrons. The Morgan fingerprint density at radius 2 is 1.38 bits per heavy atom. The van der Waals surface area contributed by atoms with Crippen LogP contribution < -0.4 is 0 Å². The third kappa shape index (κ3) is 2.29. The Morgan fingerprint density at radius 1 is 0.923 bits per heavy atom. The van der Waals surface area contributed by atoms with Gasteiger partial charge in [0.1, 0.15) is 0 Å². The molecule has 0 aliphatic heterocycles. The first-order chi connectivity index (χ1) is 5.86. The van der Waals surface area contributed by atoms with Gasteiger partial charge < -0.3 is 0 Å². The number of benzene rings is 1. The molecule has 0 aromatic heterocycles. The molecule has 0 nitrogen and oxygen atoms in total. The van der Waals surface area contributed by atoms with Crippen LogP contribution in [0.3, 0.4) is 0 Å². The average molecular weight is 326 g/mol. The first-order valence-corrected chi connectivity index (χ1v) is 10.5. The molecule has 1 aromatic rings. The fourth-order valence-corrected chi connectivity index (χ4v) is 4.52. The summed E-state index contributed by atoms with van der Waals surface area (Å²) in [5.41, 5.74) is 0. The van der Waals surface area contributed by atoms with Gasteiger partial charge in [-0.05, 0) is 0 Å². The molecule has 74 valence electrons. The SMILES string of the molecule is F[S+](F)(c1ccccc1)=[Sb]([F])([F])[F]. The van der Waals surface area contributed by atoms with Crippen molar-refractivity contribution in [3.63, 3.8) is 0 Å². The zero-order valence-electron chi connectivity index (χ0n) is 6.13. The van der Waals surface area contributed by atoms with Gasteiger partial charge in [-0.1, -0.05) is 0 Å². The fourth-order valence-electron chi connectivity index (χ4n) is 0.704. The van der Waals surface area contributed by atoms with E-state index in [0.717, 1.165) is 12.1 Å². The van der Waals surface area contributed by atoms with E-state index in [9.17, 15) is 16.2 Å². The van der Waals surface area contributed by atoms with Gasteiger partial charge in [0.25, 0.3) is 0 Å². The van der Waals surface area contributed by atoms with Crippen LogP contribution in [0.1, 0.15) is 0 Å². The Kier molecular flexibility index (Phi) is 3.12. The molecule has 0 aliphatic rings. The van der Waals surface area contributed by atoms with Crippen molar-refractivity contribution >= 4 is 25.9 Å².